The number of carboxylic acids is 1. The Labute approximate surface area is 131 Å². The Bertz CT molecular complexity index is 401. The van der Waals surface area contributed by atoms with Gasteiger partial charge in [0.1, 0.15) is 5.41 Å². The highest BCUT2D eigenvalue weighted by Crippen LogP contribution is 2.53. The number of hydrogen-bond donors (Lipinski definition) is 1. The Kier molecular flexibility index (Phi) is 5.81. The molecule has 1 N–H and O–H groups in total. The highest BCUT2D eigenvalue weighted by molar-refractivity contribution is 5.78. The fourth-order valence-corrected chi connectivity index (χ4v) is 3.74. The van der Waals surface area contributed by atoms with Crippen LogP contribution in [0.5, 0.6) is 0 Å². The molecule has 1 saturated carbocycles. The minimum absolute atomic E-state index is 0.119. The lowest BCUT2D eigenvalue weighted by Crippen LogP contribution is -2.56. The largest absolute Gasteiger partial charge is 0.481 e. The molecule has 0 unspecified atom stereocenters. The van der Waals surface area contributed by atoms with Gasteiger partial charge in [0, 0.05) is 12.8 Å². The van der Waals surface area contributed by atoms with Gasteiger partial charge in [-0.15, -0.1) is 0 Å². The normalized spacial score (nSPS) is 27.0. The number of ether oxygens (including phenoxy) is 3. The third-order valence-electron chi connectivity index (χ3n) is 4.75. The average molecular weight is 314 g/mol. The second-order valence-electron chi connectivity index (χ2n) is 6.06. The van der Waals surface area contributed by atoms with Gasteiger partial charge in [0.15, 0.2) is 5.79 Å². The number of aliphatic carboxylic acids is 1. The number of carbonyl (C=O) groups is 2. The van der Waals surface area contributed by atoms with E-state index in [4.69, 9.17) is 19.3 Å². The quantitative estimate of drug-likeness (QED) is 0.574. The Morgan fingerprint density at radius 2 is 1.82 bits per heavy atom. The number of carboxylic acid groups (broad SMARTS) is 1. The first kappa shape index (κ1) is 17.2. The molecule has 0 bridgehead atoms. The maximum absolute atomic E-state index is 12.7. The molecule has 1 aliphatic heterocycles. The van der Waals surface area contributed by atoms with E-state index in [-0.39, 0.29) is 12.4 Å². The second-order valence-corrected chi connectivity index (χ2v) is 6.06. The molecule has 22 heavy (non-hydrogen) atoms. The first-order valence-electron chi connectivity index (χ1n) is 8.23. The van der Waals surface area contributed by atoms with Crippen LogP contribution in [0.3, 0.4) is 0 Å². The van der Waals surface area contributed by atoms with Gasteiger partial charge in [-0.05, 0) is 32.6 Å². The lowest BCUT2D eigenvalue weighted by Gasteiger charge is -2.47. The summed E-state index contributed by atoms with van der Waals surface area (Å²) in [4.78, 5) is 23.4. The number of hydrogen-bond acceptors (Lipinski definition) is 5. The zero-order valence-electron chi connectivity index (χ0n) is 13.3. The maximum atomic E-state index is 12.7. The summed E-state index contributed by atoms with van der Waals surface area (Å²) in [5, 5.41) is 8.77. The van der Waals surface area contributed by atoms with Crippen molar-refractivity contribution in [3.8, 4) is 0 Å². The molecule has 1 saturated heterocycles. The molecule has 1 atom stereocenters. The second kappa shape index (κ2) is 7.42. The summed E-state index contributed by atoms with van der Waals surface area (Å²) in [5.41, 5.74) is -0.795. The van der Waals surface area contributed by atoms with Crippen molar-refractivity contribution >= 4 is 11.9 Å². The van der Waals surface area contributed by atoms with Gasteiger partial charge in [-0.3, -0.25) is 9.59 Å². The molecular formula is C16H26O6. The van der Waals surface area contributed by atoms with Crippen LogP contribution in [0.25, 0.3) is 0 Å². The van der Waals surface area contributed by atoms with Crippen LogP contribution >= 0.6 is 0 Å². The molecule has 6 heteroatoms. The molecule has 6 nitrogen and oxygen atoms in total. The van der Waals surface area contributed by atoms with Crippen LogP contribution < -0.4 is 0 Å². The molecule has 1 aliphatic carbocycles. The minimum atomic E-state index is -0.874. The Morgan fingerprint density at radius 3 is 2.45 bits per heavy atom. The van der Waals surface area contributed by atoms with Crippen molar-refractivity contribution in [1.82, 2.24) is 0 Å². The average Bonchev–Trinajstić information content (AvgIpc) is 2.95. The first-order valence-corrected chi connectivity index (χ1v) is 8.23. The van der Waals surface area contributed by atoms with Crippen molar-refractivity contribution in [1.29, 1.82) is 0 Å². The van der Waals surface area contributed by atoms with Gasteiger partial charge >= 0.3 is 11.9 Å². The van der Waals surface area contributed by atoms with E-state index in [1.54, 1.807) is 6.92 Å². The summed E-state index contributed by atoms with van der Waals surface area (Å²) in [5.74, 6) is -1.94. The van der Waals surface area contributed by atoms with Crippen LogP contribution in [-0.2, 0) is 23.8 Å². The zero-order valence-corrected chi connectivity index (χ0v) is 13.3. The van der Waals surface area contributed by atoms with E-state index in [1.165, 1.54) is 0 Å². The van der Waals surface area contributed by atoms with Crippen LogP contribution in [0, 0.1) is 5.41 Å². The van der Waals surface area contributed by atoms with Crippen molar-refractivity contribution in [3.05, 3.63) is 0 Å². The molecule has 0 amide bonds. The fourth-order valence-electron chi connectivity index (χ4n) is 3.74. The molecular weight excluding hydrogens is 288 g/mol. The van der Waals surface area contributed by atoms with E-state index in [9.17, 15) is 9.59 Å². The summed E-state index contributed by atoms with van der Waals surface area (Å²) in [7, 11) is 0. The van der Waals surface area contributed by atoms with E-state index in [0.717, 1.165) is 12.8 Å². The Hall–Kier alpha value is -1.14. The summed E-state index contributed by atoms with van der Waals surface area (Å²) in [6, 6.07) is 0. The molecule has 1 spiro atoms. The summed E-state index contributed by atoms with van der Waals surface area (Å²) in [6.45, 7) is 3.11. The van der Waals surface area contributed by atoms with Gasteiger partial charge in [0.25, 0.3) is 0 Å². The maximum Gasteiger partial charge on any atom is 0.317 e. The van der Waals surface area contributed by atoms with Crippen molar-refractivity contribution in [2.45, 2.75) is 64.1 Å². The summed E-state index contributed by atoms with van der Waals surface area (Å²) < 4.78 is 17.1. The third kappa shape index (κ3) is 3.27. The van der Waals surface area contributed by atoms with Gasteiger partial charge in [-0.25, -0.2) is 0 Å². The SMILES string of the molecule is CCOC(=O)[C@@]1(CCCCC(=O)O)CCCCC12OCCO2. The van der Waals surface area contributed by atoms with Crippen molar-refractivity contribution in [2.24, 2.45) is 5.41 Å². The van der Waals surface area contributed by atoms with E-state index >= 15 is 0 Å². The van der Waals surface area contributed by atoms with Gasteiger partial charge in [0.2, 0.25) is 0 Å². The smallest absolute Gasteiger partial charge is 0.317 e. The van der Waals surface area contributed by atoms with E-state index in [0.29, 0.717) is 51.9 Å². The predicted octanol–water partition coefficient (Wildman–Crippen LogP) is 2.50. The predicted molar refractivity (Wildman–Crippen MR) is 78.3 cm³/mol. The third-order valence-corrected chi connectivity index (χ3v) is 4.75. The molecule has 2 fully saturated rings. The highest BCUT2D eigenvalue weighted by atomic mass is 16.7. The molecule has 0 aromatic heterocycles. The number of esters is 1. The molecule has 0 aromatic rings. The molecule has 2 rings (SSSR count). The summed E-state index contributed by atoms with van der Waals surface area (Å²) >= 11 is 0. The van der Waals surface area contributed by atoms with Crippen molar-refractivity contribution in [2.75, 3.05) is 19.8 Å². The van der Waals surface area contributed by atoms with Crippen LogP contribution in [0.1, 0.15) is 58.3 Å². The standard InChI is InChI=1S/C16H26O6/c1-2-20-14(19)15(8-4-3-7-13(17)18)9-5-6-10-16(15)21-11-12-22-16/h2-12H2,1H3,(H,17,18)/t15-/m1/s1. The monoisotopic (exact) mass is 314 g/mol. The topological polar surface area (TPSA) is 82.1 Å². The molecule has 0 aromatic carbocycles. The fraction of sp³-hybridized carbons (Fsp3) is 0.875. The van der Waals surface area contributed by atoms with E-state index < -0.39 is 17.2 Å². The van der Waals surface area contributed by atoms with E-state index in [2.05, 4.69) is 0 Å². The van der Waals surface area contributed by atoms with Gasteiger partial charge in [-0.1, -0.05) is 12.8 Å². The number of rotatable bonds is 7. The van der Waals surface area contributed by atoms with Crippen LogP contribution in [-0.4, -0.2) is 42.7 Å². The lowest BCUT2D eigenvalue weighted by molar-refractivity contribution is -0.261. The summed E-state index contributed by atoms with van der Waals surface area (Å²) in [6.07, 6.45) is 5.16. The Morgan fingerprint density at radius 1 is 1.14 bits per heavy atom. The van der Waals surface area contributed by atoms with Crippen molar-refractivity contribution in [3.63, 3.8) is 0 Å². The highest BCUT2D eigenvalue weighted by Gasteiger charge is 2.61. The van der Waals surface area contributed by atoms with Crippen molar-refractivity contribution < 1.29 is 28.9 Å². The van der Waals surface area contributed by atoms with Crippen LogP contribution in [0.4, 0.5) is 0 Å². The zero-order chi connectivity index (χ0) is 16.1. The number of carbonyl (C=O) groups excluding carboxylic acids is 1. The van der Waals surface area contributed by atoms with Crippen LogP contribution in [0.2, 0.25) is 0 Å². The lowest BCUT2D eigenvalue weighted by atomic mass is 9.66. The van der Waals surface area contributed by atoms with Crippen LogP contribution in [0.15, 0.2) is 0 Å². The Balaban J connectivity index is 2.15. The molecule has 1 heterocycles. The van der Waals surface area contributed by atoms with Gasteiger partial charge in [0.05, 0.1) is 19.8 Å². The van der Waals surface area contributed by atoms with E-state index in [1.807, 2.05) is 0 Å². The molecule has 2 aliphatic rings. The minimum Gasteiger partial charge on any atom is -0.481 e. The molecule has 0 radical (unpaired) electrons. The molecule has 126 valence electrons. The van der Waals surface area contributed by atoms with Gasteiger partial charge < -0.3 is 19.3 Å². The first-order chi connectivity index (χ1) is 10.6. The number of unbranched alkanes of at least 4 members (excludes halogenated alkanes) is 1. The van der Waals surface area contributed by atoms with Gasteiger partial charge in [-0.2, -0.15) is 0 Å².